The average Bonchev–Trinajstić information content (AvgIpc) is 3.55. The van der Waals surface area contributed by atoms with E-state index in [1.165, 1.54) is 36.4 Å². The van der Waals surface area contributed by atoms with Gasteiger partial charge in [-0.3, -0.25) is 0 Å². The lowest BCUT2D eigenvalue weighted by atomic mass is 10.1. The molecule has 1 fully saturated rings. The minimum absolute atomic E-state index is 0.0506. The monoisotopic (exact) mass is 450 g/mol. The number of sulfone groups is 1. The first kappa shape index (κ1) is 22.1. The van der Waals surface area contributed by atoms with Crippen LogP contribution in [-0.2, 0) is 29.4 Å². The van der Waals surface area contributed by atoms with Crippen molar-refractivity contribution in [3.63, 3.8) is 0 Å². The van der Waals surface area contributed by atoms with E-state index in [1.54, 1.807) is 19.1 Å². The van der Waals surface area contributed by atoms with E-state index in [4.69, 9.17) is 4.74 Å². The number of hydrogen-bond acceptors (Lipinski definition) is 7. The normalized spacial score (nSPS) is 15.8. The maximum Gasteiger partial charge on any atom is 0.337 e. The molecule has 0 bridgehead atoms. The highest BCUT2D eigenvalue weighted by Gasteiger charge is 2.37. The van der Waals surface area contributed by atoms with Crippen molar-refractivity contribution in [1.29, 1.82) is 0 Å². The zero-order valence-corrected chi connectivity index (χ0v) is 18.2. The zero-order chi connectivity index (χ0) is 21.9. The number of hydrogen-bond donors (Lipinski definition) is 0. The number of carbonyl (C=O) groups is 1. The van der Waals surface area contributed by atoms with Gasteiger partial charge >= 0.3 is 5.97 Å². The fourth-order valence-electron chi connectivity index (χ4n) is 2.75. The summed E-state index contributed by atoms with van der Waals surface area (Å²) in [5.74, 6) is -0.779. The predicted octanol–water partition coefficient (Wildman–Crippen LogP) is 3.38. The van der Waals surface area contributed by atoms with Crippen molar-refractivity contribution >= 4 is 25.8 Å². The molecule has 2 aromatic rings. The molecule has 1 unspecified atom stereocenters. The SMILES string of the molecule is CCOC(=O)C(N=NS(=O)(=O)c1ccc(C)cc1)c1ccc(S(=O)(=O)C2CC2)cc1. The lowest BCUT2D eigenvalue weighted by molar-refractivity contribution is -0.144. The number of benzene rings is 2. The van der Waals surface area contributed by atoms with Crippen LogP contribution in [-0.4, -0.2) is 34.7 Å². The third-order valence-electron chi connectivity index (χ3n) is 4.59. The number of rotatable bonds is 8. The maximum atomic E-state index is 12.4. The Kier molecular flexibility index (Phi) is 6.37. The number of ether oxygens (including phenoxy) is 1. The fraction of sp³-hybridized carbons (Fsp3) is 0.350. The van der Waals surface area contributed by atoms with Crippen molar-refractivity contribution in [2.75, 3.05) is 6.61 Å². The number of esters is 1. The summed E-state index contributed by atoms with van der Waals surface area (Å²) in [6.45, 7) is 3.51. The van der Waals surface area contributed by atoms with Crippen LogP contribution in [0.1, 0.15) is 36.9 Å². The van der Waals surface area contributed by atoms with E-state index in [0.29, 0.717) is 12.8 Å². The molecule has 0 aromatic heterocycles. The highest BCUT2D eigenvalue weighted by atomic mass is 32.2. The number of aryl methyl sites for hydroxylation is 1. The largest absolute Gasteiger partial charge is 0.464 e. The van der Waals surface area contributed by atoms with Gasteiger partial charge in [0.2, 0.25) is 0 Å². The van der Waals surface area contributed by atoms with E-state index >= 15 is 0 Å². The number of sulfonamides is 1. The van der Waals surface area contributed by atoms with Crippen molar-refractivity contribution in [2.24, 2.45) is 9.63 Å². The van der Waals surface area contributed by atoms with Gasteiger partial charge < -0.3 is 4.74 Å². The van der Waals surface area contributed by atoms with Crippen LogP contribution < -0.4 is 0 Å². The Balaban J connectivity index is 1.90. The maximum absolute atomic E-state index is 12.4. The summed E-state index contributed by atoms with van der Waals surface area (Å²) < 4.78 is 58.0. The van der Waals surface area contributed by atoms with Crippen LogP contribution in [0.15, 0.2) is 68.0 Å². The highest BCUT2D eigenvalue weighted by Crippen LogP contribution is 2.34. The molecule has 30 heavy (non-hydrogen) atoms. The van der Waals surface area contributed by atoms with E-state index in [9.17, 15) is 21.6 Å². The van der Waals surface area contributed by atoms with Crippen LogP contribution in [0.4, 0.5) is 0 Å². The summed E-state index contributed by atoms with van der Waals surface area (Å²) >= 11 is 0. The second kappa shape index (κ2) is 8.65. The van der Waals surface area contributed by atoms with Crippen molar-refractivity contribution in [1.82, 2.24) is 0 Å². The quantitative estimate of drug-likeness (QED) is 0.449. The van der Waals surface area contributed by atoms with Gasteiger partial charge in [-0.15, -0.1) is 0 Å². The van der Waals surface area contributed by atoms with Gasteiger partial charge in [-0.25, -0.2) is 13.2 Å². The molecule has 0 aliphatic heterocycles. The molecule has 0 saturated heterocycles. The van der Waals surface area contributed by atoms with Gasteiger partial charge in [0, 0.05) is 0 Å². The van der Waals surface area contributed by atoms with Crippen LogP contribution in [0, 0.1) is 6.92 Å². The third kappa shape index (κ3) is 4.93. The van der Waals surface area contributed by atoms with Gasteiger partial charge in [-0.05, 0) is 56.5 Å². The van der Waals surface area contributed by atoms with Crippen LogP contribution in [0.5, 0.6) is 0 Å². The van der Waals surface area contributed by atoms with Crippen LogP contribution in [0.3, 0.4) is 0 Å². The molecule has 1 aliphatic carbocycles. The lowest BCUT2D eigenvalue weighted by Gasteiger charge is -2.11. The first-order valence-corrected chi connectivity index (χ1v) is 12.4. The second-order valence-corrected chi connectivity index (χ2v) is 10.8. The zero-order valence-electron chi connectivity index (χ0n) is 16.6. The summed E-state index contributed by atoms with van der Waals surface area (Å²) in [4.78, 5) is 12.5. The van der Waals surface area contributed by atoms with E-state index in [2.05, 4.69) is 9.63 Å². The Morgan fingerprint density at radius 1 is 1.00 bits per heavy atom. The fourth-order valence-corrected chi connectivity index (χ4v) is 5.20. The minimum Gasteiger partial charge on any atom is -0.464 e. The third-order valence-corrected chi connectivity index (χ3v) is 8.04. The molecular weight excluding hydrogens is 428 g/mol. The molecule has 0 heterocycles. The predicted molar refractivity (Wildman–Crippen MR) is 109 cm³/mol. The van der Waals surface area contributed by atoms with Gasteiger partial charge in [-0.1, -0.05) is 34.3 Å². The summed E-state index contributed by atoms with van der Waals surface area (Å²) in [6, 6.07) is 10.4. The van der Waals surface area contributed by atoms with Crippen LogP contribution >= 0.6 is 0 Å². The molecule has 1 aliphatic rings. The Morgan fingerprint density at radius 3 is 2.10 bits per heavy atom. The van der Waals surface area contributed by atoms with Crippen molar-refractivity contribution in [2.45, 2.75) is 47.8 Å². The highest BCUT2D eigenvalue weighted by molar-refractivity contribution is 7.92. The van der Waals surface area contributed by atoms with E-state index in [1.807, 2.05) is 6.92 Å². The van der Waals surface area contributed by atoms with E-state index in [-0.39, 0.29) is 27.2 Å². The van der Waals surface area contributed by atoms with Gasteiger partial charge in [0.1, 0.15) is 0 Å². The number of carbonyl (C=O) groups excluding carboxylic acids is 1. The van der Waals surface area contributed by atoms with Crippen LogP contribution in [0.2, 0.25) is 0 Å². The molecule has 2 aromatic carbocycles. The van der Waals surface area contributed by atoms with Gasteiger partial charge in [0.15, 0.2) is 15.9 Å². The standard InChI is InChI=1S/C20H22N2O6S2/c1-3-28-20(23)19(21-22-30(26,27)18-8-4-14(2)5-9-18)15-6-10-16(11-7-15)29(24,25)17-12-13-17/h4-11,17,19H,3,12-13H2,1-2H3. The topological polar surface area (TPSA) is 119 Å². The second-order valence-electron chi connectivity index (χ2n) is 6.95. The molecule has 1 saturated carbocycles. The molecule has 160 valence electrons. The molecule has 0 spiro atoms. The first-order chi connectivity index (χ1) is 14.1. The molecule has 8 nitrogen and oxygen atoms in total. The van der Waals surface area contributed by atoms with Crippen LogP contribution in [0.25, 0.3) is 0 Å². The van der Waals surface area contributed by atoms with E-state index < -0.39 is 31.9 Å². The number of nitrogens with zero attached hydrogens (tertiary/aromatic N) is 2. The molecule has 0 N–H and O–H groups in total. The van der Waals surface area contributed by atoms with Gasteiger partial charge in [0.05, 0.1) is 21.6 Å². The molecule has 10 heteroatoms. The first-order valence-electron chi connectivity index (χ1n) is 9.39. The van der Waals surface area contributed by atoms with Crippen molar-refractivity contribution in [3.05, 3.63) is 59.7 Å². The van der Waals surface area contributed by atoms with Gasteiger partial charge in [-0.2, -0.15) is 13.5 Å². The molecule has 1 atom stereocenters. The smallest absolute Gasteiger partial charge is 0.337 e. The minimum atomic E-state index is -4.11. The Hall–Kier alpha value is -2.59. The summed E-state index contributed by atoms with van der Waals surface area (Å²) in [7, 11) is -7.49. The molecule has 3 rings (SSSR count). The Bertz CT molecular complexity index is 1150. The molecule has 0 amide bonds. The Labute approximate surface area is 176 Å². The summed E-state index contributed by atoms with van der Waals surface area (Å²) in [6.07, 6.45) is 1.28. The van der Waals surface area contributed by atoms with Crippen molar-refractivity contribution in [3.8, 4) is 0 Å². The summed E-state index contributed by atoms with van der Waals surface area (Å²) in [5.41, 5.74) is 1.17. The lowest BCUT2D eigenvalue weighted by Crippen LogP contribution is -2.15. The van der Waals surface area contributed by atoms with E-state index in [0.717, 1.165) is 5.56 Å². The average molecular weight is 451 g/mol. The van der Waals surface area contributed by atoms with Gasteiger partial charge in [0.25, 0.3) is 10.0 Å². The molecule has 0 radical (unpaired) electrons. The molecular formula is C20H22N2O6S2. The summed E-state index contributed by atoms with van der Waals surface area (Å²) in [5, 5.41) is 3.38. The van der Waals surface area contributed by atoms with Crippen molar-refractivity contribution < 1.29 is 26.4 Å². The Morgan fingerprint density at radius 2 is 1.57 bits per heavy atom.